The van der Waals surface area contributed by atoms with Crippen molar-refractivity contribution in [1.82, 2.24) is 14.6 Å². The van der Waals surface area contributed by atoms with Gasteiger partial charge in [0.15, 0.2) is 11.6 Å². The number of para-hydroxylation sites is 1. The van der Waals surface area contributed by atoms with E-state index in [0.29, 0.717) is 30.2 Å². The molecule has 0 bridgehead atoms. The topological polar surface area (TPSA) is 128 Å². The number of sulfonamides is 1. The summed E-state index contributed by atoms with van der Waals surface area (Å²) in [5, 5.41) is 5.70. The third-order valence-corrected chi connectivity index (χ3v) is 10.2. The molecule has 12 heteroatoms. The lowest BCUT2D eigenvalue weighted by atomic mass is 10.1. The van der Waals surface area contributed by atoms with Crippen molar-refractivity contribution in [2.24, 2.45) is 0 Å². The van der Waals surface area contributed by atoms with E-state index in [2.05, 4.69) is 44.5 Å². The van der Waals surface area contributed by atoms with Crippen LogP contribution in [0.1, 0.15) is 63.9 Å². The summed E-state index contributed by atoms with van der Waals surface area (Å²) in [6.45, 7) is 6.26. The van der Waals surface area contributed by atoms with Gasteiger partial charge in [0.25, 0.3) is 11.8 Å². The normalized spacial score (nSPS) is 17.7. The molecule has 2 amide bonds. The maximum Gasteiger partial charge on any atom is 0.277 e. The van der Waals surface area contributed by atoms with E-state index in [1.165, 1.54) is 21.8 Å². The highest BCUT2D eigenvalue weighted by molar-refractivity contribution is 7.89. The monoisotopic (exact) mass is 606 g/mol. The summed E-state index contributed by atoms with van der Waals surface area (Å²) < 4.78 is 32.1. The molecule has 1 aliphatic carbocycles. The summed E-state index contributed by atoms with van der Waals surface area (Å²) in [7, 11) is -3.41. The van der Waals surface area contributed by atoms with Crippen LogP contribution < -0.4 is 20.4 Å². The number of aryl methyl sites for hydroxylation is 1. The third-order valence-electron chi connectivity index (χ3n) is 8.37. The number of hydrogen-bond acceptors (Lipinski definition) is 8. The molecule has 6 rings (SSSR count). The maximum absolute atomic E-state index is 13.2. The molecule has 3 fully saturated rings. The summed E-state index contributed by atoms with van der Waals surface area (Å²) >= 11 is 0. The summed E-state index contributed by atoms with van der Waals surface area (Å²) in [5.74, 6) is -0.107. The SMILES string of the molecule is Cc1ccccc1N1CCN(c2ccc(C(=O)NCCS(=O)(=O)N3CCCC3)cc2NC(=O)c2coc(C3CC3)n2)CC1. The molecule has 3 heterocycles. The number of carbonyl (C=O) groups is 2. The number of benzene rings is 2. The molecule has 11 nitrogen and oxygen atoms in total. The van der Waals surface area contributed by atoms with Crippen LogP contribution in [0.15, 0.2) is 53.1 Å². The van der Waals surface area contributed by atoms with Crippen molar-refractivity contribution in [3.05, 3.63) is 71.4 Å². The maximum atomic E-state index is 13.2. The second-order valence-electron chi connectivity index (χ2n) is 11.5. The van der Waals surface area contributed by atoms with Gasteiger partial charge in [0, 0.05) is 63.0 Å². The van der Waals surface area contributed by atoms with Gasteiger partial charge in [0.05, 0.1) is 17.1 Å². The van der Waals surface area contributed by atoms with Crippen molar-refractivity contribution in [3.8, 4) is 0 Å². The molecule has 228 valence electrons. The number of rotatable bonds is 10. The Morgan fingerprint density at radius 2 is 1.63 bits per heavy atom. The average molecular weight is 607 g/mol. The van der Waals surface area contributed by atoms with Gasteiger partial charge in [0.2, 0.25) is 10.0 Å². The molecule has 43 heavy (non-hydrogen) atoms. The van der Waals surface area contributed by atoms with Gasteiger partial charge >= 0.3 is 0 Å². The largest absolute Gasteiger partial charge is 0.448 e. The van der Waals surface area contributed by atoms with Gasteiger partial charge in [0.1, 0.15) is 6.26 Å². The first-order valence-electron chi connectivity index (χ1n) is 15.0. The van der Waals surface area contributed by atoms with Crippen molar-refractivity contribution in [1.29, 1.82) is 0 Å². The second kappa shape index (κ2) is 12.4. The van der Waals surface area contributed by atoms with Crippen LogP contribution in [-0.2, 0) is 10.0 Å². The number of oxazole rings is 1. The molecule has 2 aromatic carbocycles. The Kier molecular flexibility index (Phi) is 8.40. The van der Waals surface area contributed by atoms with Gasteiger partial charge < -0.3 is 24.9 Å². The lowest BCUT2D eigenvalue weighted by Crippen LogP contribution is -2.47. The van der Waals surface area contributed by atoms with E-state index in [1.54, 1.807) is 12.1 Å². The van der Waals surface area contributed by atoms with Crippen LogP contribution >= 0.6 is 0 Å². The Morgan fingerprint density at radius 1 is 0.930 bits per heavy atom. The molecular weight excluding hydrogens is 568 g/mol. The van der Waals surface area contributed by atoms with E-state index in [9.17, 15) is 18.0 Å². The molecule has 1 saturated carbocycles. The Labute approximate surface area is 252 Å². The van der Waals surface area contributed by atoms with Crippen molar-refractivity contribution in [2.45, 2.75) is 38.5 Å². The van der Waals surface area contributed by atoms with E-state index < -0.39 is 21.8 Å². The number of nitrogens with zero attached hydrogens (tertiary/aromatic N) is 4. The molecule has 0 atom stereocenters. The van der Waals surface area contributed by atoms with Gasteiger partial charge in [-0.15, -0.1) is 0 Å². The van der Waals surface area contributed by atoms with Gasteiger partial charge in [-0.1, -0.05) is 18.2 Å². The first kappa shape index (κ1) is 29.2. The molecular formula is C31H38N6O5S. The summed E-state index contributed by atoms with van der Waals surface area (Å²) in [5.41, 5.74) is 4.26. The predicted molar refractivity (Wildman–Crippen MR) is 165 cm³/mol. The summed E-state index contributed by atoms with van der Waals surface area (Å²) in [6.07, 6.45) is 5.13. The van der Waals surface area contributed by atoms with Crippen LogP contribution in [0.4, 0.5) is 17.1 Å². The van der Waals surface area contributed by atoms with Crippen LogP contribution in [-0.4, -0.2) is 81.1 Å². The predicted octanol–water partition coefficient (Wildman–Crippen LogP) is 3.59. The van der Waals surface area contributed by atoms with E-state index in [0.717, 1.165) is 57.5 Å². The minimum Gasteiger partial charge on any atom is -0.448 e. The highest BCUT2D eigenvalue weighted by Gasteiger charge is 2.30. The van der Waals surface area contributed by atoms with E-state index in [-0.39, 0.29) is 23.9 Å². The minimum atomic E-state index is -3.41. The van der Waals surface area contributed by atoms with Gasteiger partial charge in [-0.25, -0.2) is 17.7 Å². The van der Waals surface area contributed by atoms with Crippen LogP contribution in [0.5, 0.6) is 0 Å². The van der Waals surface area contributed by atoms with E-state index >= 15 is 0 Å². The van der Waals surface area contributed by atoms with Gasteiger partial charge in [-0.3, -0.25) is 9.59 Å². The fraction of sp³-hybridized carbons (Fsp3) is 0.452. The molecule has 2 aliphatic heterocycles. The molecule has 3 aliphatic rings. The number of amides is 2. The first-order chi connectivity index (χ1) is 20.8. The van der Waals surface area contributed by atoms with E-state index in [1.807, 2.05) is 18.2 Å². The quantitative estimate of drug-likeness (QED) is 0.359. The molecule has 2 saturated heterocycles. The fourth-order valence-corrected chi connectivity index (χ4v) is 7.18. The smallest absolute Gasteiger partial charge is 0.277 e. The molecule has 1 aromatic heterocycles. The van der Waals surface area contributed by atoms with Crippen molar-refractivity contribution in [3.63, 3.8) is 0 Å². The van der Waals surface area contributed by atoms with Crippen molar-refractivity contribution < 1.29 is 22.4 Å². The lowest BCUT2D eigenvalue weighted by molar-refractivity contribution is 0.0954. The molecule has 3 aromatic rings. The number of anilines is 3. The number of nitrogens with one attached hydrogen (secondary N) is 2. The Bertz CT molecular complexity index is 1590. The Balaban J connectivity index is 1.17. The van der Waals surface area contributed by atoms with Gasteiger partial charge in [-0.2, -0.15) is 0 Å². The van der Waals surface area contributed by atoms with Crippen molar-refractivity contribution in [2.75, 3.05) is 66.7 Å². The van der Waals surface area contributed by atoms with Crippen LogP contribution in [0.2, 0.25) is 0 Å². The highest BCUT2D eigenvalue weighted by atomic mass is 32.2. The average Bonchev–Trinajstić information content (AvgIpc) is 3.47. The zero-order valence-corrected chi connectivity index (χ0v) is 25.2. The number of carbonyl (C=O) groups excluding carboxylic acids is 2. The first-order valence-corrected chi connectivity index (χ1v) is 16.6. The summed E-state index contributed by atoms with van der Waals surface area (Å²) in [4.78, 5) is 35.3. The molecule has 0 spiro atoms. The molecule has 0 radical (unpaired) electrons. The van der Waals surface area contributed by atoms with Crippen LogP contribution in [0, 0.1) is 6.92 Å². The fourth-order valence-electron chi connectivity index (χ4n) is 5.75. The van der Waals surface area contributed by atoms with Crippen molar-refractivity contribution >= 4 is 38.9 Å². The standard InChI is InChI=1S/C31H38N6O5S/c1-22-6-2-3-7-27(22)35-15-17-36(18-16-35)28-11-10-24(29(38)32-12-19-43(40,41)37-13-4-5-14-37)20-25(28)33-30(39)26-21-42-31(34-26)23-8-9-23/h2-3,6-7,10-11,20-21,23H,4-5,8-9,12-19H2,1H3,(H,32,38)(H,33,39). The Morgan fingerprint density at radius 3 is 2.33 bits per heavy atom. The minimum absolute atomic E-state index is 0.00482. The highest BCUT2D eigenvalue weighted by Crippen LogP contribution is 2.39. The number of piperazine rings is 1. The number of hydrogen-bond donors (Lipinski definition) is 2. The Hall–Kier alpha value is -3.90. The number of aromatic nitrogens is 1. The molecule has 2 N–H and O–H groups in total. The van der Waals surface area contributed by atoms with E-state index in [4.69, 9.17) is 4.42 Å². The van der Waals surface area contributed by atoms with Crippen LogP contribution in [0.25, 0.3) is 0 Å². The molecule has 0 unspecified atom stereocenters. The lowest BCUT2D eigenvalue weighted by Gasteiger charge is -2.38. The summed E-state index contributed by atoms with van der Waals surface area (Å²) in [6, 6.07) is 13.5. The third kappa shape index (κ3) is 6.70. The zero-order chi connectivity index (χ0) is 30.0. The second-order valence-corrected chi connectivity index (χ2v) is 13.6. The zero-order valence-electron chi connectivity index (χ0n) is 24.4. The van der Waals surface area contributed by atoms with Crippen LogP contribution in [0.3, 0.4) is 0 Å². The van der Waals surface area contributed by atoms with Gasteiger partial charge in [-0.05, 0) is 62.4 Å².